The van der Waals surface area contributed by atoms with Gasteiger partial charge in [0.2, 0.25) is 0 Å². The molecule has 1 saturated heterocycles. The van der Waals surface area contributed by atoms with Crippen LogP contribution in [0.25, 0.3) is 0 Å². The summed E-state index contributed by atoms with van der Waals surface area (Å²) in [5.74, 6) is 0.277. The van der Waals surface area contributed by atoms with Gasteiger partial charge in [0.05, 0.1) is 12.5 Å². The maximum atomic E-state index is 12.2. The topological polar surface area (TPSA) is 58.6 Å². The summed E-state index contributed by atoms with van der Waals surface area (Å²) < 4.78 is 5.16. The SMILES string of the molecule is CCOC(=O)C1CCCN(Cc2cccc(C(=O)NCC(C)C)c2)C1. The van der Waals surface area contributed by atoms with Gasteiger partial charge in [0.1, 0.15) is 0 Å². The summed E-state index contributed by atoms with van der Waals surface area (Å²) in [7, 11) is 0. The summed E-state index contributed by atoms with van der Waals surface area (Å²) in [6.45, 7) is 9.55. The molecule has 1 atom stereocenters. The number of benzene rings is 1. The van der Waals surface area contributed by atoms with Gasteiger partial charge in [0, 0.05) is 25.2 Å². The van der Waals surface area contributed by atoms with Crippen molar-refractivity contribution in [3.8, 4) is 0 Å². The van der Waals surface area contributed by atoms with Crippen molar-refractivity contribution in [3.63, 3.8) is 0 Å². The van der Waals surface area contributed by atoms with Crippen molar-refractivity contribution in [2.24, 2.45) is 11.8 Å². The zero-order chi connectivity index (χ0) is 18.2. The molecular weight excluding hydrogens is 316 g/mol. The Balaban J connectivity index is 1.94. The first-order chi connectivity index (χ1) is 12.0. The molecule has 1 fully saturated rings. The van der Waals surface area contributed by atoms with Crippen LogP contribution < -0.4 is 5.32 Å². The van der Waals surface area contributed by atoms with Gasteiger partial charge >= 0.3 is 5.97 Å². The Labute approximate surface area is 150 Å². The lowest BCUT2D eigenvalue weighted by molar-refractivity contribution is -0.150. The van der Waals surface area contributed by atoms with Crippen LogP contribution in [-0.4, -0.2) is 43.0 Å². The van der Waals surface area contributed by atoms with Crippen LogP contribution >= 0.6 is 0 Å². The van der Waals surface area contributed by atoms with Gasteiger partial charge in [-0.2, -0.15) is 0 Å². The van der Waals surface area contributed by atoms with Crippen molar-refractivity contribution in [1.29, 1.82) is 0 Å². The quantitative estimate of drug-likeness (QED) is 0.771. The second-order valence-corrected chi connectivity index (χ2v) is 7.13. The number of likely N-dealkylation sites (tertiary alicyclic amines) is 1. The minimum absolute atomic E-state index is 0.0291. The van der Waals surface area contributed by atoms with E-state index in [0.717, 1.165) is 38.0 Å². The van der Waals surface area contributed by atoms with E-state index in [-0.39, 0.29) is 17.8 Å². The lowest BCUT2D eigenvalue weighted by atomic mass is 9.97. The highest BCUT2D eigenvalue weighted by molar-refractivity contribution is 5.94. The van der Waals surface area contributed by atoms with Crippen LogP contribution in [0.3, 0.4) is 0 Å². The molecule has 1 aromatic rings. The summed E-state index contributed by atoms with van der Waals surface area (Å²) in [6.07, 6.45) is 1.89. The number of hydrogen-bond acceptors (Lipinski definition) is 4. The Morgan fingerprint density at radius 2 is 2.16 bits per heavy atom. The predicted molar refractivity (Wildman–Crippen MR) is 98.2 cm³/mol. The van der Waals surface area contributed by atoms with Gasteiger partial charge in [0.25, 0.3) is 5.91 Å². The highest BCUT2D eigenvalue weighted by Crippen LogP contribution is 2.20. The summed E-state index contributed by atoms with van der Waals surface area (Å²) in [5, 5.41) is 2.95. The highest BCUT2D eigenvalue weighted by atomic mass is 16.5. The van der Waals surface area contributed by atoms with Gasteiger partial charge in [-0.1, -0.05) is 26.0 Å². The zero-order valence-electron chi connectivity index (χ0n) is 15.6. The summed E-state index contributed by atoms with van der Waals surface area (Å²) >= 11 is 0. The number of nitrogens with zero attached hydrogens (tertiary/aromatic N) is 1. The zero-order valence-corrected chi connectivity index (χ0v) is 15.6. The number of rotatable bonds is 7. The Hall–Kier alpha value is -1.88. The van der Waals surface area contributed by atoms with E-state index in [2.05, 4.69) is 24.1 Å². The summed E-state index contributed by atoms with van der Waals surface area (Å²) in [4.78, 5) is 26.5. The first-order valence-electron chi connectivity index (χ1n) is 9.25. The number of esters is 1. The fraction of sp³-hybridized carbons (Fsp3) is 0.600. The minimum Gasteiger partial charge on any atom is -0.466 e. The van der Waals surface area contributed by atoms with E-state index in [9.17, 15) is 9.59 Å². The van der Waals surface area contributed by atoms with Crippen LogP contribution in [0.5, 0.6) is 0 Å². The Kier molecular flexibility index (Phi) is 7.44. The van der Waals surface area contributed by atoms with Crippen molar-refractivity contribution >= 4 is 11.9 Å². The molecule has 0 saturated carbocycles. The van der Waals surface area contributed by atoms with Crippen LogP contribution in [0.15, 0.2) is 24.3 Å². The highest BCUT2D eigenvalue weighted by Gasteiger charge is 2.26. The molecule has 1 heterocycles. The van der Waals surface area contributed by atoms with Crippen LogP contribution in [-0.2, 0) is 16.1 Å². The maximum Gasteiger partial charge on any atom is 0.310 e. The van der Waals surface area contributed by atoms with Crippen molar-refractivity contribution in [3.05, 3.63) is 35.4 Å². The number of carbonyl (C=O) groups excluding carboxylic acids is 2. The predicted octanol–water partition coefficient (Wildman–Crippen LogP) is 2.85. The molecule has 1 aromatic carbocycles. The molecule has 1 unspecified atom stereocenters. The van der Waals surface area contributed by atoms with Gasteiger partial charge in [-0.05, 0) is 49.9 Å². The van der Waals surface area contributed by atoms with Crippen molar-refractivity contribution in [2.75, 3.05) is 26.2 Å². The summed E-state index contributed by atoms with van der Waals surface area (Å²) in [6, 6.07) is 7.75. The smallest absolute Gasteiger partial charge is 0.310 e. The molecular formula is C20H30N2O3. The van der Waals surface area contributed by atoms with E-state index >= 15 is 0 Å². The third-order valence-corrected chi connectivity index (χ3v) is 4.39. The third kappa shape index (κ3) is 6.16. The van der Waals surface area contributed by atoms with Gasteiger partial charge in [-0.25, -0.2) is 0 Å². The Morgan fingerprint density at radius 3 is 2.88 bits per heavy atom. The number of carbonyl (C=O) groups is 2. The molecule has 2 rings (SSSR count). The van der Waals surface area contributed by atoms with Gasteiger partial charge in [0.15, 0.2) is 0 Å². The fourth-order valence-corrected chi connectivity index (χ4v) is 3.12. The molecule has 0 bridgehead atoms. The van der Waals surface area contributed by atoms with E-state index in [4.69, 9.17) is 4.74 Å². The molecule has 1 N–H and O–H groups in total. The molecule has 0 radical (unpaired) electrons. The van der Waals surface area contributed by atoms with Crippen molar-refractivity contribution in [1.82, 2.24) is 10.2 Å². The Bertz CT molecular complexity index is 586. The van der Waals surface area contributed by atoms with Gasteiger partial charge in [-0.15, -0.1) is 0 Å². The normalized spacial score (nSPS) is 18.2. The number of nitrogens with one attached hydrogen (secondary N) is 1. The monoisotopic (exact) mass is 346 g/mol. The van der Waals surface area contributed by atoms with Crippen molar-refractivity contribution in [2.45, 2.75) is 40.2 Å². The van der Waals surface area contributed by atoms with Crippen LogP contribution in [0.4, 0.5) is 0 Å². The van der Waals surface area contributed by atoms with E-state index in [1.54, 1.807) is 0 Å². The molecule has 25 heavy (non-hydrogen) atoms. The molecule has 5 heteroatoms. The average molecular weight is 346 g/mol. The standard InChI is InChI=1S/C20H30N2O3/c1-4-25-20(24)18-9-6-10-22(14-18)13-16-7-5-8-17(11-16)19(23)21-12-15(2)3/h5,7-8,11,15,18H,4,6,9-10,12-14H2,1-3H3,(H,21,23). The molecule has 0 aliphatic carbocycles. The maximum absolute atomic E-state index is 12.2. The van der Waals surface area contributed by atoms with E-state index in [1.807, 2.05) is 31.2 Å². The Morgan fingerprint density at radius 1 is 1.36 bits per heavy atom. The van der Waals surface area contributed by atoms with Gasteiger partial charge < -0.3 is 10.1 Å². The molecule has 1 aliphatic heterocycles. The first-order valence-corrected chi connectivity index (χ1v) is 9.25. The van der Waals surface area contributed by atoms with Crippen molar-refractivity contribution < 1.29 is 14.3 Å². The third-order valence-electron chi connectivity index (χ3n) is 4.39. The molecule has 0 aromatic heterocycles. The lowest BCUT2D eigenvalue weighted by Crippen LogP contribution is -2.39. The number of amides is 1. The first kappa shape index (κ1) is 19.4. The second kappa shape index (κ2) is 9.56. The molecule has 1 amide bonds. The number of hydrogen-bond donors (Lipinski definition) is 1. The van der Waals surface area contributed by atoms with Crippen LogP contribution in [0, 0.1) is 11.8 Å². The lowest BCUT2D eigenvalue weighted by Gasteiger charge is -2.31. The van der Waals surface area contributed by atoms with Gasteiger partial charge in [-0.3, -0.25) is 14.5 Å². The number of piperidine rings is 1. The minimum atomic E-state index is -0.0889. The van der Waals surface area contributed by atoms with E-state index in [1.165, 1.54) is 0 Å². The fourth-order valence-electron chi connectivity index (χ4n) is 3.12. The number of ether oxygens (including phenoxy) is 1. The summed E-state index contributed by atoms with van der Waals surface area (Å²) in [5.41, 5.74) is 1.79. The average Bonchev–Trinajstić information content (AvgIpc) is 2.60. The second-order valence-electron chi connectivity index (χ2n) is 7.13. The van der Waals surface area contributed by atoms with E-state index < -0.39 is 0 Å². The largest absolute Gasteiger partial charge is 0.466 e. The van der Waals surface area contributed by atoms with E-state index in [0.29, 0.717) is 24.6 Å². The van der Waals surface area contributed by atoms with Crippen LogP contribution in [0.2, 0.25) is 0 Å². The molecule has 0 spiro atoms. The molecule has 1 aliphatic rings. The van der Waals surface area contributed by atoms with Crippen LogP contribution in [0.1, 0.15) is 49.5 Å². The molecule has 5 nitrogen and oxygen atoms in total. The molecule has 138 valence electrons.